The van der Waals surface area contributed by atoms with Gasteiger partial charge in [0.2, 0.25) is 0 Å². The summed E-state index contributed by atoms with van der Waals surface area (Å²) in [6, 6.07) is 6.18. The third-order valence-electron chi connectivity index (χ3n) is 3.95. The molecule has 0 spiro atoms. The van der Waals surface area contributed by atoms with Crippen molar-refractivity contribution in [1.82, 2.24) is 4.98 Å². The van der Waals surface area contributed by atoms with Crippen LogP contribution in [0, 0.1) is 5.92 Å². The number of halogens is 1. The molecular formula is C15H18ClN. The van der Waals surface area contributed by atoms with Crippen LogP contribution in [0.3, 0.4) is 0 Å². The van der Waals surface area contributed by atoms with E-state index in [1.54, 1.807) is 0 Å². The molecule has 1 aromatic heterocycles. The van der Waals surface area contributed by atoms with E-state index in [0.717, 1.165) is 10.9 Å². The minimum Gasteiger partial charge on any atom is -0.358 e. The van der Waals surface area contributed by atoms with Crippen LogP contribution in [0.5, 0.6) is 0 Å². The zero-order chi connectivity index (χ0) is 11.8. The third-order valence-corrected chi connectivity index (χ3v) is 4.18. The minimum absolute atomic E-state index is 0.844. The summed E-state index contributed by atoms with van der Waals surface area (Å²) in [6.45, 7) is 2.28. The number of aryl methyl sites for hydroxylation is 1. The summed E-state index contributed by atoms with van der Waals surface area (Å²) in [6.07, 6.45) is 6.41. The van der Waals surface area contributed by atoms with Crippen LogP contribution in [0.15, 0.2) is 18.2 Å². The Bertz CT molecular complexity index is 541. The number of H-pyrrole nitrogens is 1. The van der Waals surface area contributed by atoms with Gasteiger partial charge in [0.15, 0.2) is 0 Å². The average Bonchev–Trinajstić information content (AvgIpc) is 2.67. The molecule has 1 atom stereocenters. The minimum atomic E-state index is 0.844. The maximum Gasteiger partial charge on any atom is 0.0460 e. The Morgan fingerprint density at radius 2 is 2.29 bits per heavy atom. The highest BCUT2D eigenvalue weighted by Gasteiger charge is 2.21. The number of aromatic amines is 1. The Kier molecular flexibility index (Phi) is 2.87. The number of hydrogen-bond acceptors (Lipinski definition) is 0. The highest BCUT2D eigenvalue weighted by Crippen LogP contribution is 2.34. The lowest BCUT2D eigenvalue weighted by Gasteiger charge is -2.21. The molecular weight excluding hydrogens is 230 g/mol. The van der Waals surface area contributed by atoms with E-state index in [4.69, 9.17) is 11.6 Å². The molecule has 1 aromatic carbocycles. The SMILES string of the molecule is CCCC1CCc2[nH]c3ccc(Cl)cc3c2C1. The molecule has 0 saturated heterocycles. The molecule has 1 aliphatic rings. The largest absolute Gasteiger partial charge is 0.358 e. The zero-order valence-corrected chi connectivity index (χ0v) is 11.0. The van der Waals surface area contributed by atoms with Gasteiger partial charge in [-0.2, -0.15) is 0 Å². The van der Waals surface area contributed by atoms with Gasteiger partial charge in [-0.25, -0.2) is 0 Å². The molecule has 1 unspecified atom stereocenters. The first-order chi connectivity index (χ1) is 8.28. The van der Waals surface area contributed by atoms with Crippen molar-refractivity contribution in [2.24, 2.45) is 5.92 Å². The predicted molar refractivity (Wildman–Crippen MR) is 73.7 cm³/mol. The molecule has 3 rings (SSSR count). The van der Waals surface area contributed by atoms with Gasteiger partial charge in [0, 0.05) is 21.6 Å². The first kappa shape index (κ1) is 11.2. The zero-order valence-electron chi connectivity index (χ0n) is 10.2. The molecule has 1 aliphatic carbocycles. The summed E-state index contributed by atoms with van der Waals surface area (Å²) in [5.41, 5.74) is 4.21. The second kappa shape index (κ2) is 4.38. The molecule has 0 radical (unpaired) electrons. The normalized spacial score (nSPS) is 19.5. The van der Waals surface area contributed by atoms with Crippen molar-refractivity contribution in [2.75, 3.05) is 0 Å². The van der Waals surface area contributed by atoms with Gasteiger partial charge < -0.3 is 4.98 Å². The standard InChI is InChI=1S/C15H18ClN/c1-2-3-10-4-6-14-12(8-10)13-9-11(16)5-7-15(13)17-14/h5,7,9-10,17H,2-4,6,8H2,1H3. The van der Waals surface area contributed by atoms with Crippen LogP contribution >= 0.6 is 11.6 Å². The molecule has 2 heteroatoms. The molecule has 0 saturated carbocycles. The van der Waals surface area contributed by atoms with Gasteiger partial charge in [0.25, 0.3) is 0 Å². The first-order valence-corrected chi connectivity index (χ1v) is 6.94. The fourth-order valence-electron chi connectivity index (χ4n) is 3.12. The van der Waals surface area contributed by atoms with E-state index in [2.05, 4.69) is 24.0 Å². The molecule has 90 valence electrons. The lowest BCUT2D eigenvalue weighted by Crippen LogP contribution is -2.13. The second-order valence-electron chi connectivity index (χ2n) is 5.17. The van der Waals surface area contributed by atoms with Crippen molar-refractivity contribution in [2.45, 2.75) is 39.0 Å². The summed E-state index contributed by atoms with van der Waals surface area (Å²) in [4.78, 5) is 3.55. The number of rotatable bonds is 2. The molecule has 2 aromatic rings. The summed E-state index contributed by atoms with van der Waals surface area (Å²) in [5.74, 6) is 0.866. The van der Waals surface area contributed by atoms with Crippen molar-refractivity contribution in [3.8, 4) is 0 Å². The highest BCUT2D eigenvalue weighted by molar-refractivity contribution is 6.31. The molecule has 0 aliphatic heterocycles. The van der Waals surface area contributed by atoms with E-state index < -0.39 is 0 Å². The molecule has 0 amide bonds. The van der Waals surface area contributed by atoms with Gasteiger partial charge >= 0.3 is 0 Å². The Balaban J connectivity index is 2.04. The van der Waals surface area contributed by atoms with Crippen LogP contribution in [0.2, 0.25) is 5.02 Å². The Morgan fingerprint density at radius 1 is 1.41 bits per heavy atom. The Morgan fingerprint density at radius 3 is 3.12 bits per heavy atom. The van der Waals surface area contributed by atoms with Crippen molar-refractivity contribution in [3.63, 3.8) is 0 Å². The van der Waals surface area contributed by atoms with Crippen LogP contribution in [0.1, 0.15) is 37.4 Å². The molecule has 0 fully saturated rings. The maximum atomic E-state index is 6.10. The summed E-state index contributed by atoms with van der Waals surface area (Å²) in [5, 5.41) is 2.19. The van der Waals surface area contributed by atoms with Crippen LogP contribution in [0.4, 0.5) is 0 Å². The van der Waals surface area contributed by atoms with Gasteiger partial charge in [-0.3, -0.25) is 0 Å². The lowest BCUT2D eigenvalue weighted by molar-refractivity contribution is 0.422. The molecule has 0 bridgehead atoms. The Hall–Kier alpha value is -0.950. The molecule has 17 heavy (non-hydrogen) atoms. The number of nitrogens with one attached hydrogen (secondary N) is 1. The smallest absolute Gasteiger partial charge is 0.0460 e. The fourth-order valence-corrected chi connectivity index (χ4v) is 3.29. The van der Waals surface area contributed by atoms with Gasteiger partial charge in [0.05, 0.1) is 0 Å². The average molecular weight is 248 g/mol. The molecule has 1 heterocycles. The summed E-state index contributed by atoms with van der Waals surface area (Å²) < 4.78 is 0. The lowest BCUT2D eigenvalue weighted by atomic mass is 9.84. The van der Waals surface area contributed by atoms with Crippen LogP contribution in [-0.4, -0.2) is 4.98 Å². The molecule has 1 N–H and O–H groups in total. The monoisotopic (exact) mass is 247 g/mol. The predicted octanol–water partition coefficient (Wildman–Crippen LogP) is 4.73. The number of benzene rings is 1. The van der Waals surface area contributed by atoms with Gasteiger partial charge in [-0.05, 0) is 48.9 Å². The van der Waals surface area contributed by atoms with E-state index in [1.807, 2.05) is 6.07 Å². The third kappa shape index (κ3) is 1.97. The van der Waals surface area contributed by atoms with Crippen molar-refractivity contribution in [3.05, 3.63) is 34.5 Å². The topological polar surface area (TPSA) is 15.8 Å². The number of hydrogen-bond donors (Lipinski definition) is 1. The molecule has 1 nitrogen and oxygen atoms in total. The van der Waals surface area contributed by atoms with Crippen LogP contribution in [-0.2, 0) is 12.8 Å². The van der Waals surface area contributed by atoms with Crippen LogP contribution < -0.4 is 0 Å². The van der Waals surface area contributed by atoms with E-state index in [9.17, 15) is 0 Å². The van der Waals surface area contributed by atoms with Gasteiger partial charge in [0.1, 0.15) is 0 Å². The Labute approximate surface area is 107 Å². The van der Waals surface area contributed by atoms with Crippen molar-refractivity contribution >= 4 is 22.5 Å². The highest BCUT2D eigenvalue weighted by atomic mass is 35.5. The van der Waals surface area contributed by atoms with Gasteiger partial charge in [-0.1, -0.05) is 31.4 Å². The maximum absolute atomic E-state index is 6.10. The van der Waals surface area contributed by atoms with E-state index in [-0.39, 0.29) is 0 Å². The van der Waals surface area contributed by atoms with E-state index in [0.29, 0.717) is 0 Å². The van der Waals surface area contributed by atoms with E-state index >= 15 is 0 Å². The number of fused-ring (bicyclic) bond motifs is 3. The van der Waals surface area contributed by atoms with E-state index in [1.165, 1.54) is 54.3 Å². The summed E-state index contributed by atoms with van der Waals surface area (Å²) >= 11 is 6.10. The van der Waals surface area contributed by atoms with Crippen molar-refractivity contribution < 1.29 is 0 Å². The summed E-state index contributed by atoms with van der Waals surface area (Å²) in [7, 11) is 0. The number of aromatic nitrogens is 1. The van der Waals surface area contributed by atoms with Gasteiger partial charge in [-0.15, -0.1) is 0 Å². The van der Waals surface area contributed by atoms with Crippen LogP contribution in [0.25, 0.3) is 10.9 Å². The fraction of sp³-hybridized carbons (Fsp3) is 0.467. The second-order valence-corrected chi connectivity index (χ2v) is 5.61. The van der Waals surface area contributed by atoms with Crippen molar-refractivity contribution in [1.29, 1.82) is 0 Å². The quantitative estimate of drug-likeness (QED) is 0.790. The first-order valence-electron chi connectivity index (χ1n) is 6.57.